The lowest BCUT2D eigenvalue weighted by Gasteiger charge is -2.13. The Morgan fingerprint density at radius 3 is 2.68 bits per heavy atom. The van der Waals surface area contributed by atoms with Crippen molar-refractivity contribution in [2.45, 2.75) is 13.0 Å². The Hall–Kier alpha value is -3.14. The minimum Gasteiger partial charge on any atom is -0.449 e. The zero-order valence-corrected chi connectivity index (χ0v) is 16.4. The van der Waals surface area contributed by atoms with Gasteiger partial charge in [0.2, 0.25) is 0 Å². The largest absolute Gasteiger partial charge is 0.449 e. The van der Waals surface area contributed by atoms with Crippen LogP contribution in [0.3, 0.4) is 0 Å². The van der Waals surface area contributed by atoms with Crippen molar-refractivity contribution in [2.24, 2.45) is 0 Å². The summed E-state index contributed by atoms with van der Waals surface area (Å²) in [6, 6.07) is 16.3. The Bertz CT molecular complexity index is 1110. The van der Waals surface area contributed by atoms with Crippen LogP contribution in [-0.4, -0.2) is 18.0 Å². The van der Waals surface area contributed by atoms with Gasteiger partial charge < -0.3 is 10.1 Å². The van der Waals surface area contributed by atoms with E-state index < -0.39 is 18.0 Å². The normalized spacial score (nSPS) is 11.9. The molecule has 0 aliphatic heterocycles. The van der Waals surface area contributed by atoms with Crippen LogP contribution in [0.4, 0.5) is 5.69 Å². The molecular weight excluding hydrogens is 396 g/mol. The van der Waals surface area contributed by atoms with Gasteiger partial charge in [-0.3, -0.25) is 4.79 Å². The fraction of sp³-hybridized carbons (Fsp3) is 0.0952. The number of benzene rings is 2. The molecule has 7 heteroatoms. The maximum Gasteiger partial charge on any atom is 0.331 e. The van der Waals surface area contributed by atoms with Gasteiger partial charge in [-0.25, -0.2) is 4.79 Å². The quantitative estimate of drug-likeness (QED) is 0.473. The van der Waals surface area contributed by atoms with Gasteiger partial charge in [0.25, 0.3) is 5.91 Å². The number of hydrogen-bond acceptors (Lipinski definition) is 5. The molecule has 0 saturated carbocycles. The number of halogens is 1. The molecule has 1 aromatic heterocycles. The summed E-state index contributed by atoms with van der Waals surface area (Å²) in [5.74, 6) is -1.19. The molecule has 0 radical (unpaired) electrons. The highest BCUT2D eigenvalue weighted by Crippen LogP contribution is 2.35. The van der Waals surface area contributed by atoms with Gasteiger partial charge in [0, 0.05) is 21.0 Å². The number of para-hydroxylation sites is 1. The number of carbonyl (C=O) groups is 2. The number of anilines is 1. The van der Waals surface area contributed by atoms with E-state index in [1.165, 1.54) is 24.3 Å². The number of nitrogens with one attached hydrogen (secondary N) is 1. The third-order valence-electron chi connectivity index (χ3n) is 3.90. The third-order valence-corrected chi connectivity index (χ3v) is 5.55. The van der Waals surface area contributed by atoms with E-state index in [1.54, 1.807) is 30.3 Å². The summed E-state index contributed by atoms with van der Waals surface area (Å²) in [5.41, 5.74) is 0.694. The SMILES string of the molecule is CC(OC(=O)/C=C/c1sc2ccccc2c1Cl)C(=O)Nc1ccccc1C#N. The van der Waals surface area contributed by atoms with E-state index in [2.05, 4.69) is 5.32 Å². The first-order valence-electron chi connectivity index (χ1n) is 8.35. The molecule has 1 N–H and O–H groups in total. The van der Waals surface area contributed by atoms with Crippen LogP contribution < -0.4 is 5.32 Å². The van der Waals surface area contributed by atoms with E-state index in [1.807, 2.05) is 30.3 Å². The van der Waals surface area contributed by atoms with Gasteiger partial charge >= 0.3 is 5.97 Å². The van der Waals surface area contributed by atoms with Crippen molar-refractivity contribution in [3.05, 3.63) is 70.1 Å². The highest BCUT2D eigenvalue weighted by atomic mass is 35.5. The molecule has 0 saturated heterocycles. The van der Waals surface area contributed by atoms with Crippen LogP contribution in [-0.2, 0) is 14.3 Å². The molecule has 1 atom stereocenters. The first kappa shape index (κ1) is 19.6. The van der Waals surface area contributed by atoms with Crippen molar-refractivity contribution in [2.75, 3.05) is 5.32 Å². The number of fused-ring (bicyclic) bond motifs is 1. The average molecular weight is 411 g/mol. The number of thiophene rings is 1. The minimum absolute atomic E-state index is 0.327. The molecule has 140 valence electrons. The van der Waals surface area contributed by atoms with Crippen LogP contribution >= 0.6 is 22.9 Å². The lowest BCUT2D eigenvalue weighted by Crippen LogP contribution is -2.29. The Labute approximate surface area is 170 Å². The van der Waals surface area contributed by atoms with Crippen molar-refractivity contribution >= 4 is 56.7 Å². The van der Waals surface area contributed by atoms with Crippen molar-refractivity contribution in [1.29, 1.82) is 5.26 Å². The average Bonchev–Trinajstić information content (AvgIpc) is 3.02. The van der Waals surface area contributed by atoms with E-state index >= 15 is 0 Å². The summed E-state index contributed by atoms with van der Waals surface area (Å²) in [4.78, 5) is 25.0. The lowest BCUT2D eigenvalue weighted by molar-refractivity contribution is -0.148. The topological polar surface area (TPSA) is 79.2 Å². The molecule has 0 spiro atoms. The molecule has 0 bridgehead atoms. The predicted octanol–water partition coefficient (Wildman–Crippen LogP) is 5.01. The zero-order valence-electron chi connectivity index (χ0n) is 14.8. The lowest BCUT2D eigenvalue weighted by atomic mass is 10.2. The van der Waals surface area contributed by atoms with E-state index in [9.17, 15) is 9.59 Å². The van der Waals surface area contributed by atoms with Crippen molar-refractivity contribution < 1.29 is 14.3 Å². The molecule has 0 fully saturated rings. The molecule has 1 heterocycles. The number of ether oxygens (including phenoxy) is 1. The van der Waals surface area contributed by atoms with E-state index in [4.69, 9.17) is 21.6 Å². The van der Waals surface area contributed by atoms with Crippen LogP contribution in [0.15, 0.2) is 54.6 Å². The molecule has 3 aromatic rings. The molecule has 3 rings (SSSR count). The minimum atomic E-state index is -1.03. The van der Waals surface area contributed by atoms with Crippen molar-refractivity contribution in [3.63, 3.8) is 0 Å². The number of rotatable bonds is 5. The molecule has 5 nitrogen and oxygen atoms in total. The molecule has 1 unspecified atom stereocenters. The summed E-state index contributed by atoms with van der Waals surface area (Å²) in [5, 5.41) is 13.1. The number of nitrogens with zero attached hydrogens (tertiary/aromatic N) is 1. The van der Waals surface area contributed by atoms with Gasteiger partial charge in [-0.05, 0) is 31.2 Å². The molecule has 0 aliphatic carbocycles. The van der Waals surface area contributed by atoms with Crippen LogP contribution in [0.25, 0.3) is 16.2 Å². The Morgan fingerprint density at radius 2 is 1.93 bits per heavy atom. The maximum atomic E-state index is 12.2. The van der Waals surface area contributed by atoms with E-state index in [-0.39, 0.29) is 0 Å². The fourth-order valence-electron chi connectivity index (χ4n) is 2.47. The Balaban J connectivity index is 1.63. The standard InChI is InChI=1S/C21H15ClN2O3S/c1-13(21(26)24-16-8-4-2-6-14(16)12-23)27-19(25)11-10-18-20(22)15-7-3-5-9-17(15)28-18/h2-11,13H,1H3,(H,24,26)/b11-10+. The fourth-order valence-corrected chi connectivity index (χ4v) is 3.87. The second kappa shape index (κ2) is 8.70. The van der Waals surface area contributed by atoms with Crippen LogP contribution in [0.5, 0.6) is 0 Å². The number of amides is 1. The van der Waals surface area contributed by atoms with Gasteiger partial charge in [-0.1, -0.05) is 41.9 Å². The molecule has 28 heavy (non-hydrogen) atoms. The van der Waals surface area contributed by atoms with Gasteiger partial charge in [0.15, 0.2) is 6.10 Å². The van der Waals surface area contributed by atoms with Crippen LogP contribution in [0.2, 0.25) is 5.02 Å². The highest BCUT2D eigenvalue weighted by Gasteiger charge is 2.18. The summed E-state index contributed by atoms with van der Waals surface area (Å²) < 4.78 is 6.15. The van der Waals surface area contributed by atoms with Gasteiger partial charge in [0.05, 0.1) is 16.3 Å². The first-order valence-corrected chi connectivity index (χ1v) is 9.54. The van der Waals surface area contributed by atoms with Crippen LogP contribution in [0, 0.1) is 11.3 Å². The summed E-state index contributed by atoms with van der Waals surface area (Å²) in [7, 11) is 0. The van der Waals surface area contributed by atoms with Gasteiger partial charge in [0.1, 0.15) is 6.07 Å². The third kappa shape index (κ3) is 4.39. The summed E-state index contributed by atoms with van der Waals surface area (Å²) in [6.07, 6.45) is 1.79. The number of nitriles is 1. The number of esters is 1. The van der Waals surface area contributed by atoms with Crippen molar-refractivity contribution in [3.8, 4) is 6.07 Å². The van der Waals surface area contributed by atoms with Gasteiger partial charge in [-0.2, -0.15) is 5.26 Å². The molecule has 1 amide bonds. The van der Waals surface area contributed by atoms with Crippen LogP contribution in [0.1, 0.15) is 17.4 Å². The molecular formula is C21H15ClN2O3S. The smallest absolute Gasteiger partial charge is 0.331 e. The molecule has 0 aliphatic rings. The van der Waals surface area contributed by atoms with Gasteiger partial charge in [-0.15, -0.1) is 11.3 Å². The highest BCUT2D eigenvalue weighted by molar-refractivity contribution is 7.20. The van der Waals surface area contributed by atoms with E-state index in [0.29, 0.717) is 16.3 Å². The first-order chi connectivity index (χ1) is 13.5. The predicted molar refractivity (Wildman–Crippen MR) is 111 cm³/mol. The van der Waals surface area contributed by atoms with Crippen molar-refractivity contribution in [1.82, 2.24) is 0 Å². The number of hydrogen-bond donors (Lipinski definition) is 1. The maximum absolute atomic E-state index is 12.2. The van der Waals surface area contributed by atoms with E-state index in [0.717, 1.165) is 15.0 Å². The number of carbonyl (C=O) groups excluding carboxylic acids is 2. The summed E-state index contributed by atoms with van der Waals surface area (Å²) >= 11 is 7.79. The Kier molecular flexibility index (Phi) is 6.09. The monoisotopic (exact) mass is 410 g/mol. The molecule has 2 aromatic carbocycles. The zero-order chi connectivity index (χ0) is 20.1. The second-order valence-corrected chi connectivity index (χ2v) is 7.30. The Morgan fingerprint density at radius 1 is 1.21 bits per heavy atom. The summed E-state index contributed by atoms with van der Waals surface area (Å²) in [6.45, 7) is 1.46. The second-order valence-electron chi connectivity index (χ2n) is 5.84.